The lowest BCUT2D eigenvalue weighted by Crippen LogP contribution is -2.39. The van der Waals surface area contributed by atoms with Gasteiger partial charge in [0, 0.05) is 18.8 Å². The Morgan fingerprint density at radius 1 is 1.32 bits per heavy atom. The van der Waals surface area contributed by atoms with E-state index < -0.39 is 20.5 Å². The van der Waals surface area contributed by atoms with Gasteiger partial charge in [-0.1, -0.05) is 0 Å². The molecule has 2 rings (SSSR count). The van der Waals surface area contributed by atoms with Crippen LogP contribution in [0.2, 0.25) is 0 Å². The molecule has 1 aromatic carbocycles. The van der Waals surface area contributed by atoms with Crippen molar-refractivity contribution >= 4 is 21.5 Å². The number of esters is 1. The summed E-state index contributed by atoms with van der Waals surface area (Å²) in [5, 5.41) is 0. The second kappa shape index (κ2) is 6.60. The van der Waals surface area contributed by atoms with Crippen LogP contribution < -0.4 is 4.90 Å². The molecule has 0 radical (unpaired) electrons. The van der Waals surface area contributed by atoms with Crippen LogP contribution in [-0.2, 0) is 19.4 Å². The van der Waals surface area contributed by atoms with Crippen LogP contribution in [0.3, 0.4) is 0 Å². The summed E-state index contributed by atoms with van der Waals surface area (Å²) in [4.78, 5) is 13.1. The van der Waals surface area contributed by atoms with Gasteiger partial charge in [0.05, 0.1) is 17.9 Å². The molecule has 0 aliphatic carbocycles. The zero-order valence-corrected chi connectivity index (χ0v) is 12.9. The Morgan fingerprint density at radius 3 is 2.50 bits per heavy atom. The topological polar surface area (TPSA) is 63.7 Å². The first-order valence-electron chi connectivity index (χ1n) is 6.81. The molecule has 1 saturated heterocycles. The van der Waals surface area contributed by atoms with Crippen molar-refractivity contribution in [2.24, 2.45) is 5.92 Å². The smallest absolute Gasteiger partial charge is 0.341 e. The third-order valence-corrected chi connectivity index (χ3v) is 5.12. The fourth-order valence-electron chi connectivity index (χ4n) is 2.52. The van der Waals surface area contributed by atoms with Gasteiger partial charge in [0.1, 0.15) is 0 Å². The number of anilines is 1. The van der Waals surface area contributed by atoms with Crippen molar-refractivity contribution in [3.63, 3.8) is 0 Å². The summed E-state index contributed by atoms with van der Waals surface area (Å²) in [5.41, 5.74) is 0.696. The molecule has 1 heterocycles. The molecule has 8 heteroatoms. The van der Waals surface area contributed by atoms with Crippen LogP contribution in [0.1, 0.15) is 12.8 Å². The molecule has 1 aliphatic heterocycles. The van der Waals surface area contributed by atoms with E-state index in [1.165, 1.54) is 31.4 Å². The molecule has 0 amide bonds. The minimum Gasteiger partial charge on any atom is -0.469 e. The Labute approximate surface area is 127 Å². The average Bonchev–Trinajstić information content (AvgIpc) is 2.54. The third kappa shape index (κ3) is 3.37. The third-order valence-electron chi connectivity index (χ3n) is 3.72. The van der Waals surface area contributed by atoms with Gasteiger partial charge in [0.2, 0.25) is 9.84 Å². The number of carbonyl (C=O) groups excluding carboxylic acids is 1. The first-order valence-corrected chi connectivity index (χ1v) is 8.36. The number of ether oxygens (including phenoxy) is 1. The zero-order valence-electron chi connectivity index (χ0n) is 12.0. The lowest BCUT2D eigenvalue weighted by Gasteiger charge is -2.33. The van der Waals surface area contributed by atoms with Crippen LogP contribution in [0.5, 0.6) is 0 Å². The summed E-state index contributed by atoms with van der Waals surface area (Å²) in [6.07, 6.45) is 1.54. The van der Waals surface area contributed by atoms with Crippen LogP contribution in [0.15, 0.2) is 29.2 Å². The first kappa shape index (κ1) is 16.7. The highest BCUT2D eigenvalue weighted by molar-refractivity contribution is 7.91. The Hall–Kier alpha value is -1.70. The van der Waals surface area contributed by atoms with Crippen molar-refractivity contribution in [2.75, 3.05) is 25.1 Å². The highest BCUT2D eigenvalue weighted by Gasteiger charge is 2.28. The molecule has 0 saturated carbocycles. The van der Waals surface area contributed by atoms with Crippen LogP contribution in [0.4, 0.5) is 14.5 Å². The monoisotopic (exact) mass is 333 g/mol. The van der Waals surface area contributed by atoms with E-state index in [1.807, 2.05) is 4.90 Å². The molecule has 1 aromatic rings. The fourth-order valence-corrected chi connectivity index (χ4v) is 3.24. The number of nitrogens with zero attached hydrogens (tertiary/aromatic N) is 1. The van der Waals surface area contributed by atoms with E-state index in [4.69, 9.17) is 4.74 Å². The molecule has 0 N–H and O–H groups in total. The standard InChI is InChI=1S/C14H17F2NO4S/c1-21-13(18)10-3-2-8-17(9-10)11-4-6-12(7-5-11)22(19,20)14(15)16/h4-7,10,14H,2-3,8-9H2,1H3/t10-/m0/s1. The minimum atomic E-state index is -4.58. The van der Waals surface area contributed by atoms with Crippen molar-refractivity contribution < 1.29 is 26.7 Å². The van der Waals surface area contributed by atoms with Crippen molar-refractivity contribution in [1.29, 1.82) is 0 Å². The Kier molecular flexibility index (Phi) is 5.00. The van der Waals surface area contributed by atoms with Gasteiger partial charge >= 0.3 is 11.7 Å². The number of alkyl halides is 2. The van der Waals surface area contributed by atoms with Gasteiger partial charge in [-0.3, -0.25) is 4.79 Å². The molecule has 5 nitrogen and oxygen atoms in total. The number of carbonyl (C=O) groups is 1. The van der Waals surface area contributed by atoms with Crippen molar-refractivity contribution in [3.8, 4) is 0 Å². The lowest BCUT2D eigenvalue weighted by molar-refractivity contribution is -0.145. The largest absolute Gasteiger partial charge is 0.469 e. The van der Waals surface area contributed by atoms with E-state index >= 15 is 0 Å². The van der Waals surface area contributed by atoms with Gasteiger partial charge in [-0.15, -0.1) is 0 Å². The van der Waals surface area contributed by atoms with Gasteiger partial charge in [0.25, 0.3) is 0 Å². The number of piperidine rings is 1. The molecule has 1 atom stereocenters. The normalized spacial score (nSPS) is 19.3. The summed E-state index contributed by atoms with van der Waals surface area (Å²) < 4.78 is 52.5. The Bertz CT molecular complexity index is 631. The van der Waals surface area contributed by atoms with Gasteiger partial charge in [-0.25, -0.2) is 8.42 Å². The highest BCUT2D eigenvalue weighted by Crippen LogP contribution is 2.26. The number of methoxy groups -OCH3 is 1. The number of hydrogen-bond donors (Lipinski definition) is 0. The molecule has 0 unspecified atom stereocenters. The second-order valence-corrected chi connectivity index (χ2v) is 7.03. The molecular formula is C14H17F2NO4S. The minimum absolute atomic E-state index is 0.233. The second-order valence-electron chi connectivity index (χ2n) is 5.11. The quantitative estimate of drug-likeness (QED) is 0.790. The maximum Gasteiger partial charge on any atom is 0.341 e. The summed E-state index contributed by atoms with van der Waals surface area (Å²) in [7, 11) is -3.24. The Morgan fingerprint density at radius 2 is 1.95 bits per heavy atom. The number of halogens is 2. The number of benzene rings is 1. The van der Waals surface area contributed by atoms with Crippen LogP contribution >= 0.6 is 0 Å². The molecule has 1 aliphatic rings. The van der Waals surface area contributed by atoms with Gasteiger partial charge < -0.3 is 9.64 Å². The van der Waals surface area contributed by atoms with E-state index in [1.54, 1.807) is 0 Å². The maximum atomic E-state index is 12.5. The van der Waals surface area contributed by atoms with Gasteiger partial charge in [-0.05, 0) is 37.1 Å². The molecule has 0 aromatic heterocycles. The summed E-state index contributed by atoms with van der Waals surface area (Å²) in [6.45, 7) is 1.18. The molecular weight excluding hydrogens is 316 g/mol. The summed E-state index contributed by atoms with van der Waals surface area (Å²) in [5.74, 6) is -3.94. The van der Waals surface area contributed by atoms with E-state index in [-0.39, 0.29) is 11.9 Å². The van der Waals surface area contributed by atoms with E-state index in [0.717, 1.165) is 12.8 Å². The number of sulfone groups is 1. The number of hydrogen-bond acceptors (Lipinski definition) is 5. The Balaban J connectivity index is 2.15. The summed E-state index contributed by atoms with van der Waals surface area (Å²) >= 11 is 0. The van der Waals surface area contributed by atoms with E-state index in [0.29, 0.717) is 18.8 Å². The van der Waals surface area contributed by atoms with E-state index in [9.17, 15) is 22.0 Å². The highest BCUT2D eigenvalue weighted by atomic mass is 32.2. The van der Waals surface area contributed by atoms with E-state index in [2.05, 4.69) is 0 Å². The van der Waals surface area contributed by atoms with Crippen LogP contribution in [-0.4, -0.2) is 40.3 Å². The maximum absolute atomic E-state index is 12.5. The van der Waals surface area contributed by atoms with Crippen LogP contribution in [0.25, 0.3) is 0 Å². The molecule has 22 heavy (non-hydrogen) atoms. The molecule has 1 fully saturated rings. The van der Waals surface area contributed by atoms with Crippen molar-refractivity contribution in [2.45, 2.75) is 23.5 Å². The first-order chi connectivity index (χ1) is 10.4. The SMILES string of the molecule is COC(=O)[C@H]1CCCN(c2ccc(S(=O)(=O)C(F)F)cc2)C1. The van der Waals surface area contributed by atoms with Gasteiger partial charge in [0.15, 0.2) is 0 Å². The summed E-state index contributed by atoms with van der Waals surface area (Å²) in [6, 6.07) is 5.29. The van der Waals surface area contributed by atoms with Crippen LogP contribution in [0, 0.1) is 5.92 Å². The van der Waals surface area contributed by atoms with Crippen molar-refractivity contribution in [3.05, 3.63) is 24.3 Å². The molecule has 0 bridgehead atoms. The average molecular weight is 333 g/mol. The molecule has 122 valence electrons. The number of rotatable bonds is 4. The van der Waals surface area contributed by atoms with Crippen molar-refractivity contribution in [1.82, 2.24) is 0 Å². The predicted molar refractivity (Wildman–Crippen MR) is 76.6 cm³/mol. The fraction of sp³-hybridized carbons (Fsp3) is 0.500. The van der Waals surface area contributed by atoms with Gasteiger partial charge in [-0.2, -0.15) is 8.78 Å². The predicted octanol–water partition coefficient (Wildman–Crippen LogP) is 2.07. The molecule has 0 spiro atoms. The zero-order chi connectivity index (χ0) is 16.3. The lowest BCUT2D eigenvalue weighted by atomic mass is 9.98.